The van der Waals surface area contributed by atoms with Crippen molar-refractivity contribution in [2.75, 3.05) is 75.3 Å². The van der Waals surface area contributed by atoms with Crippen LogP contribution in [0.25, 0.3) is 17.1 Å². The minimum absolute atomic E-state index is 0.00993. The number of methoxy groups -OCH3 is 7. The fourth-order valence-corrected chi connectivity index (χ4v) is 11.9. The summed E-state index contributed by atoms with van der Waals surface area (Å²) < 4.78 is 90.1. The summed E-state index contributed by atoms with van der Waals surface area (Å²) in [6.45, 7) is 0.625. The number of H-pyrrole nitrogens is 2. The maximum Gasteiger partial charge on any atom is 0.328 e. The summed E-state index contributed by atoms with van der Waals surface area (Å²) in [7, 11) is 9.53. The van der Waals surface area contributed by atoms with E-state index in [0.717, 1.165) is 6.08 Å². The van der Waals surface area contributed by atoms with Crippen LogP contribution in [0.1, 0.15) is 55.7 Å². The van der Waals surface area contributed by atoms with Crippen molar-refractivity contribution in [2.24, 2.45) is 11.8 Å². The van der Waals surface area contributed by atoms with E-state index in [-0.39, 0.29) is 75.3 Å². The number of anilines is 1. The van der Waals surface area contributed by atoms with Crippen LogP contribution in [0.4, 0.5) is 5.82 Å². The molecule has 3 saturated heterocycles. The third-order valence-electron chi connectivity index (χ3n) is 16.5. The second-order valence-corrected chi connectivity index (χ2v) is 22.0. The quantitative estimate of drug-likeness (QED) is 0.0970. The molecule has 10 unspecified atom stereocenters. The first kappa shape index (κ1) is 66.9. The number of amides is 1. The van der Waals surface area contributed by atoms with Crippen LogP contribution >= 0.6 is 0 Å². The fourth-order valence-electron chi connectivity index (χ4n) is 11.9. The Morgan fingerprint density at radius 2 is 1.22 bits per heavy atom. The van der Waals surface area contributed by atoms with Gasteiger partial charge in [0.25, 0.3) is 11.1 Å². The van der Waals surface area contributed by atoms with Gasteiger partial charge < -0.3 is 87.0 Å². The molecule has 4 aromatic heterocycles. The van der Waals surface area contributed by atoms with Crippen LogP contribution in [-0.4, -0.2) is 218 Å². The summed E-state index contributed by atoms with van der Waals surface area (Å²) in [6.07, 6.45) is -8.94. The molecule has 0 radical (unpaired) electrons. The van der Waals surface area contributed by atoms with Crippen molar-refractivity contribution >= 4 is 40.8 Å². The van der Waals surface area contributed by atoms with Crippen LogP contribution in [-0.2, 0) is 100 Å². The van der Waals surface area contributed by atoms with E-state index in [1.165, 1.54) is 83.7 Å². The number of nitrogens with two attached hydrogens (primary N) is 1. The molecule has 31 nitrogen and oxygen atoms in total. The predicted octanol–water partition coefficient (Wildman–Crippen LogP) is -1.69. The smallest absolute Gasteiger partial charge is 0.328 e. The van der Waals surface area contributed by atoms with Crippen molar-refractivity contribution in [3.05, 3.63) is 89.4 Å². The molecule has 6 N–H and O–H groups in total. The van der Waals surface area contributed by atoms with E-state index >= 15 is 0 Å². The van der Waals surface area contributed by atoms with Gasteiger partial charge in [-0.3, -0.25) is 43.1 Å². The van der Waals surface area contributed by atoms with Gasteiger partial charge in [-0.2, -0.15) is 0 Å². The van der Waals surface area contributed by atoms with Gasteiger partial charge in [-0.15, -0.1) is 0 Å². The van der Waals surface area contributed by atoms with Gasteiger partial charge in [0.15, 0.2) is 31.1 Å². The SMILES string of the molecule is COC1C2OCC3OC4OCC5O[C@H](OC)C(NC(=O)/C=C/c6cn(c(=O)[nH]c6=O)CC(C)C(CCn6cc(c7c(N)ncnc76)C#CCCC(=O)O[C@H]1[C@H](OC)C(CO)O2)Cn1cc(c(=O)[nH]c1=O)C#CCCC(=O)O[C@H](C4OC)[C@@H]3OC)[C@@H](OC)[C@@H]5OC. The van der Waals surface area contributed by atoms with E-state index in [2.05, 4.69) is 48.9 Å². The van der Waals surface area contributed by atoms with E-state index in [9.17, 15) is 38.7 Å². The topological polar surface area (TPSA) is 379 Å². The van der Waals surface area contributed by atoms with Crippen molar-refractivity contribution in [3.8, 4) is 23.7 Å². The van der Waals surface area contributed by atoms with Crippen molar-refractivity contribution in [1.29, 1.82) is 0 Å². The van der Waals surface area contributed by atoms with E-state index in [1.54, 1.807) is 10.8 Å². The van der Waals surface area contributed by atoms with E-state index in [1.807, 2.05) is 6.92 Å². The predicted molar refractivity (Wildman–Crippen MR) is 312 cm³/mol. The van der Waals surface area contributed by atoms with Crippen LogP contribution in [0.3, 0.4) is 0 Å². The maximum absolute atomic E-state index is 14.1. The number of aromatic nitrogens is 7. The molecule has 0 spiro atoms. The van der Waals surface area contributed by atoms with Gasteiger partial charge >= 0.3 is 23.3 Å². The molecular formula is C59H75N9O22. The number of aliphatic hydroxyl groups is 1. The summed E-state index contributed by atoms with van der Waals surface area (Å²) >= 11 is 0. The molecule has 17 atom stereocenters. The fraction of sp³-hybridized carbons (Fsp3) is 0.610. The second-order valence-electron chi connectivity index (χ2n) is 22.0. The Morgan fingerprint density at radius 3 is 1.84 bits per heavy atom. The Kier molecular flexibility index (Phi) is 22.7. The summed E-state index contributed by atoms with van der Waals surface area (Å²) in [6, 6.07) is -1.05. The van der Waals surface area contributed by atoms with Gasteiger partial charge in [-0.1, -0.05) is 30.6 Å². The molecule has 4 aromatic rings. The molecule has 3 fully saturated rings. The zero-order valence-corrected chi connectivity index (χ0v) is 50.9. The Morgan fingerprint density at radius 1 is 0.644 bits per heavy atom. The summed E-state index contributed by atoms with van der Waals surface area (Å²) in [5.41, 5.74) is 4.05. The average molecular weight is 1260 g/mol. The number of nitrogens with zero attached hydrogens (tertiary/aromatic N) is 5. The molecule has 90 heavy (non-hydrogen) atoms. The molecule has 31 heteroatoms. The van der Waals surface area contributed by atoms with Gasteiger partial charge in [0, 0.05) is 107 Å². The number of hydrogen-bond acceptors (Lipinski definition) is 25. The number of rotatable bonds is 8. The number of aryl methyl sites for hydroxylation is 1. The molecule has 0 aliphatic carbocycles. The van der Waals surface area contributed by atoms with Crippen LogP contribution < -0.4 is 33.5 Å². The molecule has 10 rings (SSSR count). The molecular weight excluding hydrogens is 1190 g/mol. The van der Waals surface area contributed by atoms with Gasteiger partial charge in [-0.05, 0) is 24.3 Å². The number of carbonyl (C=O) groups excluding carboxylic acids is 3. The van der Waals surface area contributed by atoms with E-state index < -0.39 is 157 Å². The average Bonchev–Trinajstić information content (AvgIpc) is 1.30. The van der Waals surface area contributed by atoms with E-state index in [0.29, 0.717) is 16.6 Å². The highest BCUT2D eigenvalue weighted by atomic mass is 16.8. The number of aliphatic hydroxyl groups excluding tert-OH is 1. The lowest BCUT2D eigenvalue weighted by molar-refractivity contribution is -0.345. The molecule has 488 valence electrons. The lowest BCUT2D eigenvalue weighted by Gasteiger charge is -2.47. The minimum Gasteiger partial charge on any atom is -0.456 e. The Labute approximate surface area is 514 Å². The normalized spacial score (nSPS) is 32.1. The summed E-state index contributed by atoms with van der Waals surface area (Å²) in [4.78, 5) is 109. The van der Waals surface area contributed by atoms with Crippen LogP contribution in [0, 0.1) is 35.5 Å². The zero-order valence-electron chi connectivity index (χ0n) is 50.9. The van der Waals surface area contributed by atoms with Crippen LogP contribution in [0.15, 0.2) is 50.2 Å². The van der Waals surface area contributed by atoms with Crippen molar-refractivity contribution in [2.45, 2.75) is 151 Å². The first-order valence-corrected chi connectivity index (χ1v) is 29.1. The second kappa shape index (κ2) is 30.6. The van der Waals surface area contributed by atoms with Gasteiger partial charge in [0.1, 0.15) is 84.3 Å². The Bertz CT molecular complexity index is 3600. The number of ether oxygens (including phenoxy) is 14. The largest absolute Gasteiger partial charge is 0.456 e. The molecule has 10 heterocycles. The highest BCUT2D eigenvalue weighted by molar-refractivity contribution is 5.92. The van der Waals surface area contributed by atoms with Gasteiger partial charge in [0.05, 0.1) is 49.2 Å². The van der Waals surface area contributed by atoms with Gasteiger partial charge in [0.2, 0.25) is 5.91 Å². The monoisotopic (exact) mass is 1260 g/mol. The van der Waals surface area contributed by atoms with Crippen LogP contribution in [0.2, 0.25) is 0 Å². The summed E-state index contributed by atoms with van der Waals surface area (Å²) in [5, 5.41) is 13.9. The Balaban J connectivity index is 1.17. The number of nitrogens with one attached hydrogen (secondary N) is 3. The number of nitrogen functional groups attached to an aromatic ring is 1. The van der Waals surface area contributed by atoms with Crippen molar-refractivity contribution in [1.82, 2.24) is 39.0 Å². The third-order valence-corrected chi connectivity index (χ3v) is 16.5. The summed E-state index contributed by atoms with van der Waals surface area (Å²) in [5.74, 6) is 8.70. The van der Waals surface area contributed by atoms with Crippen molar-refractivity contribution < 1.29 is 85.8 Å². The molecule has 1 amide bonds. The number of hydrogen-bond donors (Lipinski definition) is 5. The molecule has 6 aliphatic heterocycles. The minimum atomic E-state index is -1.42. The highest BCUT2D eigenvalue weighted by Crippen LogP contribution is 2.35. The maximum atomic E-state index is 14.1. The lowest BCUT2D eigenvalue weighted by atomic mass is 9.90. The third kappa shape index (κ3) is 15.0. The molecule has 0 saturated carbocycles. The zero-order chi connectivity index (χ0) is 64.3. The van der Waals surface area contributed by atoms with Crippen LogP contribution in [0.5, 0.6) is 0 Å². The Hall–Kier alpha value is -7.47. The van der Waals surface area contributed by atoms with Gasteiger partial charge in [-0.25, -0.2) is 19.6 Å². The highest BCUT2D eigenvalue weighted by Gasteiger charge is 2.54. The first-order valence-electron chi connectivity index (χ1n) is 29.1. The number of fused-ring (bicyclic) bond motifs is 14. The number of carbonyl (C=O) groups is 3. The number of aromatic amines is 2. The van der Waals surface area contributed by atoms with E-state index in [4.69, 9.17) is 72.0 Å². The lowest BCUT2D eigenvalue weighted by Crippen LogP contribution is -2.66. The number of esters is 2. The molecule has 0 aromatic carbocycles. The first-order chi connectivity index (χ1) is 43.4. The molecule has 6 aliphatic rings. The standard InChI is InChI=1S/C59H75N9O22/c1-30-21-67-25-34(54(74)65-58(67)75)17-18-38(70)63-42-46(80-5)44(78-3)36(87-55(42)83-8)27-85-57-50(82-7)48-45(79-4)37(88-57)28-84-56-49(81-6)47(43(77-2)35(26-69)86-56)89-39(71)15-11-9-13-32-23-66(52-41(32)51(60)61-29-62-52)20-19-31(30)22-68-24-33(53(73)64-59(68)76)14-10-12-16-40(72)90-48/h17-18,23-25,29-31,35-37,42-50,55-57,69H,11-12,15-16,19-22,26-28H2,1-8H3,(H,63,70)(H2,60,61,62)(H,64,73,76)(H,65,74,75)/b18-17+/t30?,31?,35?,36?,37?,42?,43-,44-,45-,46-,47+,48+,49?,50?,55+,56?,57?/m1/s1. The van der Waals surface area contributed by atoms with Crippen molar-refractivity contribution in [3.63, 3.8) is 0 Å². The molecule has 14 bridgehead atoms.